The summed E-state index contributed by atoms with van der Waals surface area (Å²) in [6.45, 7) is 6.48. The number of anilines is 1. The van der Waals surface area contributed by atoms with Gasteiger partial charge < -0.3 is 15.1 Å². The fourth-order valence-electron chi connectivity index (χ4n) is 4.46. The molecular weight excluding hydrogens is 408 g/mol. The molecule has 3 rings (SSSR count). The van der Waals surface area contributed by atoms with E-state index < -0.39 is 6.04 Å². The van der Waals surface area contributed by atoms with Gasteiger partial charge in [0.05, 0.1) is 0 Å². The lowest BCUT2D eigenvalue weighted by Gasteiger charge is -2.30. The molecule has 0 aromatic heterocycles. The average Bonchev–Trinajstić information content (AvgIpc) is 3.09. The van der Waals surface area contributed by atoms with E-state index in [0.29, 0.717) is 25.1 Å². The van der Waals surface area contributed by atoms with E-state index in [1.807, 2.05) is 12.1 Å². The summed E-state index contributed by atoms with van der Waals surface area (Å²) >= 11 is 0. The Morgan fingerprint density at radius 1 is 1.16 bits per heavy atom. The average molecular weight is 443 g/mol. The zero-order valence-corrected chi connectivity index (χ0v) is 19.1. The fraction of sp³-hybridized carbons (Fsp3) is 0.583. The molecule has 1 atom stereocenters. The van der Waals surface area contributed by atoms with E-state index in [1.165, 1.54) is 6.92 Å². The molecule has 0 bridgehead atoms. The molecule has 1 aromatic rings. The van der Waals surface area contributed by atoms with Crippen LogP contribution in [0.2, 0.25) is 0 Å². The molecule has 2 aliphatic rings. The summed E-state index contributed by atoms with van der Waals surface area (Å²) in [4.78, 5) is 52.0. The topological polar surface area (TPSA) is 98.8 Å². The highest BCUT2D eigenvalue weighted by molar-refractivity contribution is 6.06. The van der Waals surface area contributed by atoms with Gasteiger partial charge in [0, 0.05) is 56.3 Å². The zero-order chi connectivity index (χ0) is 23.1. The minimum Gasteiger partial charge on any atom is -0.371 e. The van der Waals surface area contributed by atoms with E-state index in [-0.39, 0.29) is 30.0 Å². The van der Waals surface area contributed by atoms with E-state index in [1.54, 1.807) is 4.90 Å². The van der Waals surface area contributed by atoms with Crippen LogP contribution in [0.3, 0.4) is 0 Å². The molecule has 8 nitrogen and oxygen atoms in total. The Labute approximate surface area is 189 Å². The van der Waals surface area contributed by atoms with E-state index in [2.05, 4.69) is 28.5 Å². The molecule has 2 heterocycles. The van der Waals surface area contributed by atoms with Crippen molar-refractivity contribution >= 4 is 29.3 Å². The molecule has 4 amide bonds. The van der Waals surface area contributed by atoms with Gasteiger partial charge in [-0.2, -0.15) is 0 Å². The molecule has 32 heavy (non-hydrogen) atoms. The van der Waals surface area contributed by atoms with Crippen molar-refractivity contribution in [3.63, 3.8) is 0 Å². The van der Waals surface area contributed by atoms with Gasteiger partial charge in [0.25, 0.3) is 5.91 Å². The first-order chi connectivity index (χ1) is 15.4. The van der Waals surface area contributed by atoms with Crippen molar-refractivity contribution in [2.45, 2.75) is 71.4 Å². The highest BCUT2D eigenvalue weighted by Crippen LogP contribution is 2.34. The quantitative estimate of drug-likeness (QED) is 0.405. The monoisotopic (exact) mass is 442 g/mol. The van der Waals surface area contributed by atoms with E-state index in [0.717, 1.165) is 56.4 Å². The van der Waals surface area contributed by atoms with Crippen molar-refractivity contribution in [2.75, 3.05) is 24.5 Å². The third-order valence-electron chi connectivity index (χ3n) is 6.16. The van der Waals surface area contributed by atoms with Crippen LogP contribution in [0.15, 0.2) is 18.2 Å². The van der Waals surface area contributed by atoms with Crippen molar-refractivity contribution < 1.29 is 19.2 Å². The predicted molar refractivity (Wildman–Crippen MR) is 122 cm³/mol. The van der Waals surface area contributed by atoms with Crippen LogP contribution in [0.4, 0.5) is 5.69 Å². The van der Waals surface area contributed by atoms with Gasteiger partial charge in [-0.25, -0.2) is 0 Å². The molecule has 1 unspecified atom stereocenters. The summed E-state index contributed by atoms with van der Waals surface area (Å²) in [5.74, 6) is -0.826. The van der Waals surface area contributed by atoms with Gasteiger partial charge in [-0.15, -0.1) is 0 Å². The Morgan fingerprint density at radius 3 is 2.59 bits per heavy atom. The number of hydrogen-bond acceptors (Lipinski definition) is 5. The van der Waals surface area contributed by atoms with Crippen molar-refractivity contribution in [2.24, 2.45) is 0 Å². The van der Waals surface area contributed by atoms with Gasteiger partial charge in [0.1, 0.15) is 6.04 Å². The highest BCUT2D eigenvalue weighted by atomic mass is 16.2. The lowest BCUT2D eigenvalue weighted by molar-refractivity contribution is -0.137. The van der Waals surface area contributed by atoms with Gasteiger partial charge in [-0.05, 0) is 37.8 Å². The Kier molecular flexibility index (Phi) is 8.25. The van der Waals surface area contributed by atoms with Crippen LogP contribution in [0.1, 0.15) is 74.7 Å². The number of hydrogen-bond donors (Lipinski definition) is 2. The summed E-state index contributed by atoms with van der Waals surface area (Å²) in [6, 6.07) is 5.18. The number of amides is 4. The summed E-state index contributed by atoms with van der Waals surface area (Å²) in [5, 5.41) is 5.20. The summed E-state index contributed by atoms with van der Waals surface area (Å²) in [5.41, 5.74) is 2.65. The van der Waals surface area contributed by atoms with Crippen LogP contribution in [0, 0.1) is 0 Å². The van der Waals surface area contributed by atoms with E-state index in [9.17, 15) is 19.2 Å². The molecule has 0 aliphatic carbocycles. The third kappa shape index (κ3) is 5.66. The van der Waals surface area contributed by atoms with Crippen LogP contribution >= 0.6 is 0 Å². The van der Waals surface area contributed by atoms with Gasteiger partial charge in [0.15, 0.2) is 0 Å². The SMILES string of the molecule is CCCCCN(CCCCNC(C)=O)c1cccc2c1CN(C1CCC(=O)NC1=O)C2=O. The number of benzene rings is 1. The first-order valence-electron chi connectivity index (χ1n) is 11.7. The summed E-state index contributed by atoms with van der Waals surface area (Å²) in [6.07, 6.45) is 5.77. The molecule has 8 heteroatoms. The number of carbonyl (C=O) groups excluding carboxylic acids is 4. The van der Waals surface area contributed by atoms with Crippen LogP contribution in [-0.2, 0) is 20.9 Å². The maximum absolute atomic E-state index is 13.1. The lowest BCUT2D eigenvalue weighted by Crippen LogP contribution is -2.52. The Morgan fingerprint density at radius 2 is 1.91 bits per heavy atom. The summed E-state index contributed by atoms with van der Waals surface area (Å²) in [7, 11) is 0. The van der Waals surface area contributed by atoms with Crippen molar-refractivity contribution in [3.8, 4) is 0 Å². The van der Waals surface area contributed by atoms with Crippen molar-refractivity contribution in [3.05, 3.63) is 29.3 Å². The number of imide groups is 1. The smallest absolute Gasteiger partial charge is 0.255 e. The van der Waals surface area contributed by atoms with Gasteiger partial charge >= 0.3 is 0 Å². The number of rotatable bonds is 11. The minimum atomic E-state index is -0.605. The molecule has 0 saturated carbocycles. The van der Waals surface area contributed by atoms with Gasteiger partial charge in [0.2, 0.25) is 17.7 Å². The Hall–Kier alpha value is -2.90. The first kappa shape index (κ1) is 23.8. The molecule has 0 spiro atoms. The molecule has 1 fully saturated rings. The largest absolute Gasteiger partial charge is 0.371 e. The normalized spacial score (nSPS) is 17.9. The van der Waals surface area contributed by atoms with Crippen LogP contribution < -0.4 is 15.5 Å². The number of carbonyl (C=O) groups is 4. The molecule has 2 N–H and O–H groups in total. The molecule has 1 aromatic carbocycles. The molecular formula is C24H34N4O4. The Balaban J connectivity index is 1.75. The number of piperidine rings is 1. The zero-order valence-electron chi connectivity index (χ0n) is 19.1. The second-order valence-electron chi connectivity index (χ2n) is 8.59. The molecule has 2 aliphatic heterocycles. The van der Waals surface area contributed by atoms with Gasteiger partial charge in [-0.3, -0.25) is 24.5 Å². The van der Waals surface area contributed by atoms with Crippen LogP contribution in [0.25, 0.3) is 0 Å². The molecule has 174 valence electrons. The van der Waals surface area contributed by atoms with E-state index in [4.69, 9.17) is 0 Å². The van der Waals surface area contributed by atoms with Crippen molar-refractivity contribution in [1.29, 1.82) is 0 Å². The van der Waals surface area contributed by atoms with Gasteiger partial charge in [-0.1, -0.05) is 25.8 Å². The fourth-order valence-corrected chi connectivity index (χ4v) is 4.46. The second kappa shape index (κ2) is 11.1. The number of unbranched alkanes of at least 4 members (excludes halogenated alkanes) is 3. The minimum absolute atomic E-state index is 0.0160. The molecule has 0 radical (unpaired) electrons. The number of nitrogens with zero attached hydrogens (tertiary/aromatic N) is 2. The molecule has 1 saturated heterocycles. The predicted octanol–water partition coefficient (Wildman–Crippen LogP) is 2.36. The maximum atomic E-state index is 13.1. The third-order valence-corrected chi connectivity index (χ3v) is 6.16. The Bertz CT molecular complexity index is 870. The van der Waals surface area contributed by atoms with Crippen LogP contribution in [0.5, 0.6) is 0 Å². The lowest BCUT2D eigenvalue weighted by atomic mass is 10.0. The van der Waals surface area contributed by atoms with Crippen molar-refractivity contribution in [1.82, 2.24) is 15.5 Å². The van der Waals surface area contributed by atoms with Crippen LogP contribution in [-0.4, -0.2) is 54.2 Å². The standard InChI is InChI=1S/C24H34N4O4/c1-3-4-6-14-27(15-7-5-13-25-17(2)29)20-10-8-9-18-19(20)16-28(24(18)32)21-11-12-22(30)26-23(21)31/h8-10,21H,3-7,11-16H2,1-2H3,(H,25,29)(H,26,30,31). The number of fused-ring (bicyclic) bond motifs is 1. The first-order valence-corrected chi connectivity index (χ1v) is 11.7. The second-order valence-corrected chi connectivity index (χ2v) is 8.59. The van der Waals surface area contributed by atoms with E-state index >= 15 is 0 Å². The summed E-state index contributed by atoms with van der Waals surface area (Å²) < 4.78 is 0. The number of nitrogens with one attached hydrogen (secondary N) is 2. The maximum Gasteiger partial charge on any atom is 0.255 e. The highest BCUT2D eigenvalue weighted by Gasteiger charge is 2.40.